The maximum atomic E-state index is 5.90. The van der Waals surface area contributed by atoms with Crippen molar-refractivity contribution in [3.8, 4) is 0 Å². The summed E-state index contributed by atoms with van der Waals surface area (Å²) in [6.07, 6.45) is 2.08. The van der Waals surface area contributed by atoms with E-state index >= 15 is 0 Å². The van der Waals surface area contributed by atoms with Crippen molar-refractivity contribution in [1.29, 1.82) is 0 Å². The molecule has 1 aliphatic heterocycles. The van der Waals surface area contributed by atoms with Crippen LogP contribution >= 0.6 is 0 Å². The van der Waals surface area contributed by atoms with Crippen LogP contribution in [0.15, 0.2) is 18.2 Å². The van der Waals surface area contributed by atoms with Gasteiger partial charge in [-0.1, -0.05) is 6.07 Å². The first-order chi connectivity index (χ1) is 7.59. The maximum Gasteiger partial charge on any atom is 0.0488 e. The van der Waals surface area contributed by atoms with Crippen LogP contribution < -0.4 is 11.1 Å². The first kappa shape index (κ1) is 11.3. The number of nitrogen functional groups attached to an aromatic ring is 1. The standard InChI is InChI=1S/C13H20N2O/c1-10-3-4-11(9-12(10)14)15-13(2)5-7-16-8-6-13/h3-4,9,15H,5-8,14H2,1-2H3. The minimum Gasteiger partial charge on any atom is -0.398 e. The molecule has 3 N–H and O–H groups in total. The topological polar surface area (TPSA) is 47.3 Å². The number of nitrogens with two attached hydrogens (primary N) is 1. The van der Waals surface area contributed by atoms with E-state index in [1.54, 1.807) is 0 Å². The van der Waals surface area contributed by atoms with Crippen LogP contribution in [0.5, 0.6) is 0 Å². The monoisotopic (exact) mass is 220 g/mol. The van der Waals surface area contributed by atoms with Gasteiger partial charge >= 0.3 is 0 Å². The van der Waals surface area contributed by atoms with Gasteiger partial charge in [-0.3, -0.25) is 0 Å². The van der Waals surface area contributed by atoms with E-state index < -0.39 is 0 Å². The molecule has 0 amide bonds. The van der Waals surface area contributed by atoms with Gasteiger partial charge in [0.2, 0.25) is 0 Å². The largest absolute Gasteiger partial charge is 0.398 e. The fourth-order valence-electron chi connectivity index (χ4n) is 2.01. The fraction of sp³-hybridized carbons (Fsp3) is 0.538. The molecule has 0 atom stereocenters. The van der Waals surface area contributed by atoms with Crippen molar-refractivity contribution < 1.29 is 4.74 Å². The van der Waals surface area contributed by atoms with Crippen molar-refractivity contribution in [2.75, 3.05) is 24.3 Å². The predicted octanol–water partition coefficient (Wildman–Crippen LogP) is 2.56. The molecule has 1 heterocycles. The highest BCUT2D eigenvalue weighted by Crippen LogP contribution is 2.27. The van der Waals surface area contributed by atoms with E-state index in [0.29, 0.717) is 0 Å². The quantitative estimate of drug-likeness (QED) is 0.753. The summed E-state index contributed by atoms with van der Waals surface area (Å²) in [5, 5.41) is 3.57. The zero-order valence-electron chi connectivity index (χ0n) is 10.0. The van der Waals surface area contributed by atoms with Crippen LogP contribution in [0.1, 0.15) is 25.3 Å². The zero-order valence-corrected chi connectivity index (χ0v) is 10.0. The lowest BCUT2D eigenvalue weighted by Crippen LogP contribution is -2.40. The molecular weight excluding hydrogens is 200 g/mol. The maximum absolute atomic E-state index is 5.90. The average molecular weight is 220 g/mol. The van der Waals surface area contributed by atoms with Gasteiger partial charge < -0.3 is 15.8 Å². The third kappa shape index (κ3) is 2.47. The van der Waals surface area contributed by atoms with Crippen LogP contribution in [0.4, 0.5) is 11.4 Å². The number of benzene rings is 1. The van der Waals surface area contributed by atoms with Crippen LogP contribution in [0.2, 0.25) is 0 Å². The molecule has 0 aromatic heterocycles. The van der Waals surface area contributed by atoms with Crippen LogP contribution in [-0.4, -0.2) is 18.8 Å². The van der Waals surface area contributed by atoms with Crippen molar-refractivity contribution in [1.82, 2.24) is 0 Å². The molecular formula is C13H20N2O. The molecule has 1 saturated heterocycles. The smallest absolute Gasteiger partial charge is 0.0488 e. The van der Waals surface area contributed by atoms with Crippen LogP contribution in [0, 0.1) is 6.92 Å². The van der Waals surface area contributed by atoms with E-state index in [4.69, 9.17) is 10.5 Å². The Morgan fingerprint density at radius 3 is 2.62 bits per heavy atom. The summed E-state index contributed by atoms with van der Waals surface area (Å²) in [4.78, 5) is 0. The second kappa shape index (κ2) is 4.34. The van der Waals surface area contributed by atoms with E-state index in [2.05, 4.69) is 24.4 Å². The molecule has 0 aliphatic carbocycles. The first-order valence-corrected chi connectivity index (χ1v) is 5.81. The molecule has 88 valence electrons. The van der Waals surface area contributed by atoms with Crippen molar-refractivity contribution in [3.05, 3.63) is 23.8 Å². The number of hydrogen-bond donors (Lipinski definition) is 2. The Bertz CT molecular complexity index is 370. The Kier molecular flexibility index (Phi) is 3.06. The summed E-state index contributed by atoms with van der Waals surface area (Å²) in [5.41, 5.74) is 9.12. The summed E-state index contributed by atoms with van der Waals surface area (Å²) in [7, 11) is 0. The van der Waals surface area contributed by atoms with Gasteiger partial charge in [-0.25, -0.2) is 0 Å². The number of anilines is 2. The Labute approximate surface area is 97.0 Å². The molecule has 16 heavy (non-hydrogen) atoms. The number of ether oxygens (including phenoxy) is 1. The van der Waals surface area contributed by atoms with E-state index in [1.807, 2.05) is 13.0 Å². The summed E-state index contributed by atoms with van der Waals surface area (Å²) in [6.45, 7) is 5.94. The highest BCUT2D eigenvalue weighted by atomic mass is 16.5. The molecule has 1 aliphatic rings. The van der Waals surface area contributed by atoms with Crippen molar-refractivity contribution in [2.24, 2.45) is 0 Å². The minimum atomic E-state index is 0.139. The van der Waals surface area contributed by atoms with Gasteiger partial charge in [0.05, 0.1) is 0 Å². The Morgan fingerprint density at radius 1 is 1.31 bits per heavy atom. The van der Waals surface area contributed by atoms with Crippen molar-refractivity contribution in [3.63, 3.8) is 0 Å². The average Bonchev–Trinajstić information content (AvgIpc) is 2.24. The predicted molar refractivity (Wildman–Crippen MR) is 67.7 cm³/mol. The van der Waals surface area contributed by atoms with E-state index in [1.165, 1.54) is 0 Å². The fourth-order valence-corrected chi connectivity index (χ4v) is 2.01. The molecule has 1 aromatic carbocycles. The number of hydrogen-bond acceptors (Lipinski definition) is 3. The van der Waals surface area contributed by atoms with Gasteiger partial charge in [-0.2, -0.15) is 0 Å². The zero-order chi connectivity index (χ0) is 11.6. The lowest BCUT2D eigenvalue weighted by molar-refractivity contribution is 0.0658. The number of aryl methyl sites for hydroxylation is 1. The Hall–Kier alpha value is -1.22. The van der Waals surface area contributed by atoms with Crippen LogP contribution in [-0.2, 0) is 4.74 Å². The molecule has 3 heteroatoms. The Balaban J connectivity index is 2.10. The van der Waals surface area contributed by atoms with E-state index in [9.17, 15) is 0 Å². The summed E-state index contributed by atoms with van der Waals surface area (Å²) in [6, 6.07) is 6.16. The molecule has 1 fully saturated rings. The normalized spacial score (nSPS) is 19.4. The second-order valence-corrected chi connectivity index (χ2v) is 4.87. The van der Waals surface area contributed by atoms with Gasteiger partial charge in [0.1, 0.15) is 0 Å². The molecule has 2 rings (SSSR count). The van der Waals surface area contributed by atoms with Crippen LogP contribution in [0.25, 0.3) is 0 Å². The molecule has 0 saturated carbocycles. The van der Waals surface area contributed by atoms with Gasteiger partial charge in [-0.05, 0) is 44.4 Å². The van der Waals surface area contributed by atoms with Gasteiger partial charge in [0.15, 0.2) is 0 Å². The minimum absolute atomic E-state index is 0.139. The highest BCUT2D eigenvalue weighted by Gasteiger charge is 2.26. The summed E-state index contributed by atoms with van der Waals surface area (Å²) < 4.78 is 5.38. The van der Waals surface area contributed by atoms with Crippen molar-refractivity contribution in [2.45, 2.75) is 32.2 Å². The molecule has 0 unspecified atom stereocenters. The van der Waals surface area contributed by atoms with Gasteiger partial charge in [-0.15, -0.1) is 0 Å². The molecule has 1 aromatic rings. The first-order valence-electron chi connectivity index (χ1n) is 5.81. The number of rotatable bonds is 2. The highest BCUT2D eigenvalue weighted by molar-refractivity contribution is 5.59. The Morgan fingerprint density at radius 2 is 2.00 bits per heavy atom. The lowest BCUT2D eigenvalue weighted by atomic mass is 9.92. The van der Waals surface area contributed by atoms with E-state index in [0.717, 1.165) is 43.0 Å². The second-order valence-electron chi connectivity index (χ2n) is 4.87. The third-order valence-electron chi connectivity index (χ3n) is 3.32. The van der Waals surface area contributed by atoms with Gasteiger partial charge in [0.25, 0.3) is 0 Å². The number of nitrogens with one attached hydrogen (secondary N) is 1. The summed E-state index contributed by atoms with van der Waals surface area (Å²) in [5.74, 6) is 0. The molecule has 0 bridgehead atoms. The van der Waals surface area contributed by atoms with Crippen molar-refractivity contribution >= 4 is 11.4 Å². The van der Waals surface area contributed by atoms with Crippen LogP contribution in [0.3, 0.4) is 0 Å². The third-order valence-corrected chi connectivity index (χ3v) is 3.32. The van der Waals surface area contributed by atoms with E-state index in [-0.39, 0.29) is 5.54 Å². The molecule has 0 spiro atoms. The molecule has 3 nitrogen and oxygen atoms in total. The van der Waals surface area contributed by atoms with Gasteiger partial charge in [0, 0.05) is 30.1 Å². The SMILES string of the molecule is Cc1ccc(NC2(C)CCOCC2)cc1N. The molecule has 0 radical (unpaired) electrons. The lowest BCUT2D eigenvalue weighted by Gasteiger charge is -2.35. The summed E-state index contributed by atoms with van der Waals surface area (Å²) >= 11 is 0.